The number of amides is 6. The third kappa shape index (κ3) is 30.0. The minimum Gasteiger partial charge on any atom is -0.467 e. The molecule has 0 saturated heterocycles. The van der Waals surface area contributed by atoms with Crippen LogP contribution >= 0.6 is 0 Å². The molecule has 6 atom stereocenters. The van der Waals surface area contributed by atoms with Gasteiger partial charge < -0.3 is 60.3 Å². The van der Waals surface area contributed by atoms with Gasteiger partial charge in [0, 0.05) is 0 Å². The smallest absolute Gasteiger partial charge is 0.408 e. The number of hydrogen-bond acceptors (Lipinski definition) is 15. The number of hydrogen-bond donors (Lipinski definition) is 6. The molecule has 402 valence electrons. The molecule has 0 aromatic rings. The summed E-state index contributed by atoms with van der Waals surface area (Å²) in [6.45, 7) is 37.2. The highest BCUT2D eigenvalue weighted by Crippen LogP contribution is 2.14. The van der Waals surface area contributed by atoms with Crippen LogP contribution < -0.4 is 31.9 Å². The van der Waals surface area contributed by atoms with Gasteiger partial charge in [-0.1, -0.05) is 83.1 Å². The van der Waals surface area contributed by atoms with Crippen molar-refractivity contribution in [1.29, 1.82) is 0 Å². The van der Waals surface area contributed by atoms with Crippen LogP contribution in [-0.2, 0) is 57.2 Å². The second-order valence-corrected chi connectivity index (χ2v) is 21.4. The Morgan fingerprint density at radius 1 is 0.290 bits per heavy atom. The fourth-order valence-electron chi connectivity index (χ4n) is 5.51. The van der Waals surface area contributed by atoms with E-state index in [0.717, 1.165) is 0 Å². The van der Waals surface area contributed by atoms with Crippen LogP contribution in [0.1, 0.15) is 145 Å². The summed E-state index contributed by atoms with van der Waals surface area (Å²) in [6, 6.07) is -4.74. The SMILES string of the molecule is COC(=O)[C@H](NC(=O)[C@H](NC(=O)OC(C)(C)C)C(C)C)C(C)C.COC(=O)[C@H](NC(=O)[C@H](NC(=O)OC(C)(C)C)C(C)C)C(C)C.COC(=O)[C@H](NC(=O)[C@H](NC(=O)OC(C)(C)C)C(C)C)C(C)C. The van der Waals surface area contributed by atoms with E-state index in [4.69, 9.17) is 28.4 Å². The van der Waals surface area contributed by atoms with E-state index in [9.17, 15) is 43.2 Å². The van der Waals surface area contributed by atoms with E-state index in [2.05, 4.69) is 31.9 Å². The van der Waals surface area contributed by atoms with Gasteiger partial charge in [0.2, 0.25) is 17.7 Å². The molecule has 0 saturated carbocycles. The second kappa shape index (κ2) is 31.0. The van der Waals surface area contributed by atoms with Gasteiger partial charge in [-0.05, 0) is 97.8 Å². The fourth-order valence-corrected chi connectivity index (χ4v) is 5.51. The molecule has 0 rings (SSSR count). The predicted molar refractivity (Wildman–Crippen MR) is 260 cm³/mol. The number of esters is 3. The number of rotatable bonds is 18. The lowest BCUT2D eigenvalue weighted by atomic mass is 10.0. The maximum Gasteiger partial charge on any atom is 0.408 e. The minimum absolute atomic E-state index is 0.138. The van der Waals surface area contributed by atoms with Gasteiger partial charge in [-0.15, -0.1) is 0 Å². The van der Waals surface area contributed by atoms with Gasteiger partial charge in [0.25, 0.3) is 0 Å². The first-order valence-electron chi connectivity index (χ1n) is 23.3. The van der Waals surface area contributed by atoms with Crippen molar-refractivity contribution in [2.24, 2.45) is 35.5 Å². The van der Waals surface area contributed by atoms with Gasteiger partial charge in [-0.25, -0.2) is 28.8 Å². The Bertz CT molecular complexity index is 1470. The van der Waals surface area contributed by atoms with Crippen molar-refractivity contribution < 1.29 is 71.6 Å². The van der Waals surface area contributed by atoms with E-state index in [1.807, 2.05) is 0 Å². The summed E-state index contributed by atoms with van der Waals surface area (Å²) in [6.07, 6.45) is -2.03. The molecule has 0 aliphatic heterocycles. The zero-order chi connectivity index (χ0) is 55.1. The number of nitrogens with one attached hydrogen (secondary N) is 6. The van der Waals surface area contributed by atoms with Crippen molar-refractivity contribution in [3.63, 3.8) is 0 Å². The molecule has 0 aromatic carbocycles. The summed E-state index contributed by atoms with van der Waals surface area (Å²) < 4.78 is 29.6. The highest BCUT2D eigenvalue weighted by molar-refractivity contribution is 5.91. The Hall–Kier alpha value is -5.37. The van der Waals surface area contributed by atoms with Gasteiger partial charge in [0.05, 0.1) is 21.3 Å². The average Bonchev–Trinajstić information content (AvgIpc) is 3.17. The molecule has 6 N–H and O–H groups in total. The Morgan fingerprint density at radius 3 is 0.565 bits per heavy atom. The van der Waals surface area contributed by atoms with Gasteiger partial charge in [-0.2, -0.15) is 0 Å². The van der Waals surface area contributed by atoms with Crippen LogP contribution in [0.15, 0.2) is 0 Å². The lowest BCUT2D eigenvalue weighted by molar-refractivity contribution is -0.147. The molecule has 0 spiro atoms. The van der Waals surface area contributed by atoms with E-state index >= 15 is 0 Å². The van der Waals surface area contributed by atoms with Crippen molar-refractivity contribution >= 4 is 53.9 Å². The van der Waals surface area contributed by atoms with Crippen LogP contribution in [0.3, 0.4) is 0 Å². The molecule has 21 heteroatoms. The average molecular weight is 991 g/mol. The standard InChI is InChI=1S/3C16H30N2O5/c3*1-9(2)11(18-15(21)23-16(5,6)7)13(19)17-12(10(3)4)14(20)22-8/h3*9-12H,1-8H3,(H,17,19)(H,18,21)/t3*11-,12-/m111/s1. The van der Waals surface area contributed by atoms with Crippen molar-refractivity contribution in [1.82, 2.24) is 31.9 Å². The number of carbonyl (C=O) groups is 9. The van der Waals surface area contributed by atoms with Gasteiger partial charge in [-0.3, -0.25) is 14.4 Å². The fraction of sp³-hybridized carbons (Fsp3) is 0.812. The van der Waals surface area contributed by atoms with E-state index in [1.165, 1.54) is 21.3 Å². The number of methoxy groups -OCH3 is 3. The third-order valence-corrected chi connectivity index (χ3v) is 9.12. The van der Waals surface area contributed by atoms with Crippen LogP contribution in [-0.4, -0.2) is 128 Å². The molecule has 21 nitrogen and oxygen atoms in total. The largest absolute Gasteiger partial charge is 0.467 e. The first-order chi connectivity index (χ1) is 31.2. The zero-order valence-corrected chi connectivity index (χ0v) is 46.1. The Kier molecular flexibility index (Phi) is 30.5. The van der Waals surface area contributed by atoms with Crippen LogP contribution in [0.4, 0.5) is 14.4 Å². The van der Waals surface area contributed by atoms with Crippen LogP contribution in [0.2, 0.25) is 0 Å². The lowest BCUT2D eigenvalue weighted by Crippen LogP contribution is -2.55. The molecule has 6 amide bonds. The highest BCUT2D eigenvalue weighted by Gasteiger charge is 2.35. The summed E-state index contributed by atoms with van der Waals surface area (Å²) >= 11 is 0. The molecule has 0 heterocycles. The van der Waals surface area contributed by atoms with E-state index in [1.54, 1.807) is 145 Å². The van der Waals surface area contributed by atoms with Gasteiger partial charge in [0.1, 0.15) is 53.1 Å². The maximum atomic E-state index is 12.4. The molecule has 0 radical (unpaired) electrons. The van der Waals surface area contributed by atoms with E-state index in [0.29, 0.717) is 0 Å². The van der Waals surface area contributed by atoms with Crippen molar-refractivity contribution in [2.45, 2.75) is 198 Å². The van der Waals surface area contributed by atoms with Crippen molar-refractivity contribution in [3.8, 4) is 0 Å². The molecule has 0 unspecified atom stereocenters. The molecule has 69 heavy (non-hydrogen) atoms. The molecule has 0 aliphatic rings. The van der Waals surface area contributed by atoms with Crippen LogP contribution in [0, 0.1) is 35.5 Å². The van der Waals surface area contributed by atoms with Gasteiger partial charge >= 0.3 is 36.2 Å². The second-order valence-electron chi connectivity index (χ2n) is 21.4. The van der Waals surface area contributed by atoms with Crippen molar-refractivity contribution in [3.05, 3.63) is 0 Å². The first-order valence-corrected chi connectivity index (χ1v) is 23.3. The Balaban J connectivity index is -0.000000947. The maximum absolute atomic E-state index is 12.4. The minimum atomic E-state index is -0.809. The highest BCUT2D eigenvalue weighted by atomic mass is 16.6. The van der Waals surface area contributed by atoms with E-state index in [-0.39, 0.29) is 35.5 Å². The van der Waals surface area contributed by atoms with E-state index < -0.39 is 107 Å². The summed E-state index contributed by atoms with van der Waals surface area (Å²) in [4.78, 5) is 108. The summed E-state index contributed by atoms with van der Waals surface area (Å²) in [7, 11) is 3.80. The van der Waals surface area contributed by atoms with Crippen LogP contribution in [0.25, 0.3) is 0 Å². The molecule has 0 bridgehead atoms. The molecule has 0 aliphatic carbocycles. The third-order valence-electron chi connectivity index (χ3n) is 9.12. The zero-order valence-electron chi connectivity index (χ0n) is 46.1. The predicted octanol–water partition coefficient (Wildman–Crippen LogP) is 5.55. The lowest BCUT2D eigenvalue weighted by Gasteiger charge is -2.27. The Morgan fingerprint density at radius 2 is 0.449 bits per heavy atom. The number of ether oxygens (including phenoxy) is 6. The van der Waals surface area contributed by atoms with Crippen molar-refractivity contribution in [2.75, 3.05) is 21.3 Å². The molecule has 0 fully saturated rings. The Labute approximate surface area is 411 Å². The summed E-state index contributed by atoms with van der Waals surface area (Å²) in [5.41, 5.74) is -1.97. The number of carbonyl (C=O) groups excluding carboxylic acids is 9. The summed E-state index contributed by atoms with van der Waals surface area (Å²) in [5.74, 6) is -3.84. The summed E-state index contributed by atoms with van der Waals surface area (Å²) in [5, 5.41) is 15.5. The monoisotopic (exact) mass is 991 g/mol. The molecular formula is C48H90N6O15. The first kappa shape index (κ1) is 67.9. The molecule has 0 aromatic heterocycles. The number of alkyl carbamates (subject to hydrolysis) is 3. The normalized spacial score (nSPS) is 14.2. The molecular weight excluding hydrogens is 901 g/mol. The topological polar surface area (TPSA) is 281 Å². The van der Waals surface area contributed by atoms with Crippen LogP contribution in [0.5, 0.6) is 0 Å². The quantitative estimate of drug-likeness (QED) is 0.0726. The van der Waals surface area contributed by atoms with Gasteiger partial charge in [0.15, 0.2) is 0 Å².